The highest BCUT2D eigenvalue weighted by Gasteiger charge is 2.18. The molecule has 0 spiro atoms. The molecule has 4 aromatic carbocycles. The zero-order valence-corrected chi connectivity index (χ0v) is 24.1. The van der Waals surface area contributed by atoms with E-state index in [1.54, 1.807) is 12.1 Å². The van der Waals surface area contributed by atoms with E-state index in [9.17, 15) is 14.7 Å². The molecule has 41 heavy (non-hydrogen) atoms. The first-order valence-corrected chi connectivity index (χ1v) is 13.8. The SMILES string of the molecule is Cc1nc2cc(C(=O)N[C@@H](C)c3cccc(C(C)(C)C)c3)ccc2n1Cc1ccc(-c2ccccc2C(=O)O)cc1. The summed E-state index contributed by atoms with van der Waals surface area (Å²) in [4.78, 5) is 29.5. The first kappa shape index (κ1) is 27.8. The van der Waals surface area contributed by atoms with E-state index < -0.39 is 5.97 Å². The van der Waals surface area contributed by atoms with Gasteiger partial charge in [0.25, 0.3) is 5.91 Å². The molecule has 1 atom stereocenters. The predicted molar refractivity (Wildman–Crippen MR) is 163 cm³/mol. The first-order chi connectivity index (χ1) is 19.5. The van der Waals surface area contributed by atoms with Crippen LogP contribution in [0.25, 0.3) is 22.2 Å². The van der Waals surface area contributed by atoms with Crippen LogP contribution >= 0.6 is 0 Å². The lowest BCUT2D eigenvalue weighted by molar-refractivity contribution is 0.0697. The molecule has 0 aliphatic carbocycles. The molecule has 0 bridgehead atoms. The first-order valence-electron chi connectivity index (χ1n) is 13.8. The number of rotatable bonds is 7. The summed E-state index contributed by atoms with van der Waals surface area (Å²) in [6, 6.07) is 28.8. The number of benzene rings is 4. The van der Waals surface area contributed by atoms with E-state index in [4.69, 9.17) is 4.98 Å². The van der Waals surface area contributed by atoms with Crippen LogP contribution in [0.15, 0.2) is 91.0 Å². The van der Waals surface area contributed by atoms with Gasteiger partial charge in [-0.15, -0.1) is 0 Å². The second-order valence-corrected chi connectivity index (χ2v) is 11.6. The summed E-state index contributed by atoms with van der Waals surface area (Å²) in [5.41, 5.74) is 7.53. The third-order valence-corrected chi connectivity index (χ3v) is 7.56. The molecule has 1 amide bonds. The van der Waals surface area contributed by atoms with E-state index >= 15 is 0 Å². The molecule has 1 aromatic heterocycles. The number of fused-ring (bicyclic) bond motifs is 1. The van der Waals surface area contributed by atoms with Crippen molar-refractivity contribution in [3.8, 4) is 11.1 Å². The number of aryl methyl sites for hydroxylation is 1. The van der Waals surface area contributed by atoms with Crippen molar-refractivity contribution in [3.63, 3.8) is 0 Å². The summed E-state index contributed by atoms with van der Waals surface area (Å²) in [7, 11) is 0. The maximum absolute atomic E-state index is 13.2. The smallest absolute Gasteiger partial charge is 0.336 e. The van der Waals surface area contributed by atoms with Gasteiger partial charge in [0, 0.05) is 12.1 Å². The van der Waals surface area contributed by atoms with Gasteiger partial charge in [-0.25, -0.2) is 9.78 Å². The van der Waals surface area contributed by atoms with Crippen LogP contribution in [0, 0.1) is 6.92 Å². The molecule has 0 unspecified atom stereocenters. The maximum atomic E-state index is 13.2. The molecule has 0 saturated carbocycles. The van der Waals surface area contributed by atoms with Crippen LogP contribution in [-0.2, 0) is 12.0 Å². The molecule has 1 heterocycles. The molecule has 5 aromatic rings. The Morgan fingerprint density at radius 1 is 0.927 bits per heavy atom. The third-order valence-electron chi connectivity index (χ3n) is 7.56. The molecule has 208 valence electrons. The summed E-state index contributed by atoms with van der Waals surface area (Å²) >= 11 is 0. The van der Waals surface area contributed by atoms with Crippen LogP contribution in [0.3, 0.4) is 0 Å². The lowest BCUT2D eigenvalue weighted by atomic mass is 9.85. The number of aromatic carboxylic acids is 1. The standard InChI is InChI=1S/C35H35N3O3/c1-22(26-9-8-10-28(19-26)35(3,4)5)36-33(39)27-17-18-32-31(20-27)37-23(2)38(32)21-24-13-15-25(16-14-24)29-11-6-7-12-30(29)34(40)41/h6-20,22H,21H2,1-5H3,(H,36,39)(H,40,41)/t22-/m0/s1. The van der Waals surface area contributed by atoms with Gasteiger partial charge in [0.1, 0.15) is 5.82 Å². The van der Waals surface area contributed by atoms with Crippen LogP contribution in [0.1, 0.15) is 77.0 Å². The minimum absolute atomic E-state index is 0.0370. The van der Waals surface area contributed by atoms with Gasteiger partial charge in [-0.3, -0.25) is 4.79 Å². The number of hydrogen-bond donors (Lipinski definition) is 2. The van der Waals surface area contributed by atoms with Crippen LogP contribution in [-0.4, -0.2) is 26.5 Å². The Morgan fingerprint density at radius 3 is 2.37 bits per heavy atom. The van der Waals surface area contributed by atoms with E-state index in [1.807, 2.05) is 80.6 Å². The fourth-order valence-electron chi connectivity index (χ4n) is 5.12. The highest BCUT2D eigenvalue weighted by molar-refractivity contribution is 5.98. The summed E-state index contributed by atoms with van der Waals surface area (Å²) < 4.78 is 2.12. The number of imidazole rings is 1. The van der Waals surface area contributed by atoms with Gasteiger partial charge in [-0.1, -0.05) is 87.5 Å². The average molecular weight is 546 g/mol. The van der Waals surface area contributed by atoms with Gasteiger partial charge >= 0.3 is 5.97 Å². The average Bonchev–Trinajstić information content (AvgIpc) is 3.26. The van der Waals surface area contributed by atoms with Crippen molar-refractivity contribution in [2.75, 3.05) is 0 Å². The summed E-state index contributed by atoms with van der Waals surface area (Å²) in [6.45, 7) is 11.1. The van der Waals surface area contributed by atoms with Crippen LogP contribution in [0.2, 0.25) is 0 Å². The van der Waals surface area contributed by atoms with Gasteiger partial charge in [0.05, 0.1) is 22.6 Å². The Labute approximate surface area is 240 Å². The van der Waals surface area contributed by atoms with Crippen molar-refractivity contribution < 1.29 is 14.7 Å². The number of carbonyl (C=O) groups excluding carboxylic acids is 1. The number of aromatic nitrogens is 2. The molecule has 6 heteroatoms. The Kier molecular flexibility index (Phi) is 7.50. The predicted octanol–water partition coefficient (Wildman–Crippen LogP) is 7.55. The van der Waals surface area contributed by atoms with Crippen molar-refractivity contribution in [2.45, 2.75) is 52.6 Å². The van der Waals surface area contributed by atoms with Crippen LogP contribution < -0.4 is 5.32 Å². The summed E-state index contributed by atoms with van der Waals surface area (Å²) in [6.07, 6.45) is 0. The minimum atomic E-state index is -0.942. The second-order valence-electron chi connectivity index (χ2n) is 11.6. The highest BCUT2D eigenvalue weighted by Crippen LogP contribution is 2.27. The topological polar surface area (TPSA) is 84.2 Å². The van der Waals surface area contributed by atoms with Crippen LogP contribution in [0.4, 0.5) is 0 Å². The van der Waals surface area contributed by atoms with Gasteiger partial charge in [0.2, 0.25) is 0 Å². The zero-order chi connectivity index (χ0) is 29.3. The van der Waals surface area contributed by atoms with Crippen molar-refractivity contribution in [1.82, 2.24) is 14.9 Å². The van der Waals surface area contributed by atoms with Crippen molar-refractivity contribution >= 4 is 22.9 Å². The number of amides is 1. The molecule has 0 aliphatic heterocycles. The molecule has 0 saturated heterocycles. The lowest BCUT2D eigenvalue weighted by Gasteiger charge is -2.22. The van der Waals surface area contributed by atoms with Crippen molar-refractivity contribution in [1.29, 1.82) is 0 Å². The number of carbonyl (C=O) groups is 2. The zero-order valence-electron chi connectivity index (χ0n) is 24.1. The maximum Gasteiger partial charge on any atom is 0.336 e. The van der Waals surface area contributed by atoms with Gasteiger partial charge in [-0.2, -0.15) is 0 Å². The number of nitrogens with zero attached hydrogens (tertiary/aromatic N) is 2. The fourth-order valence-corrected chi connectivity index (χ4v) is 5.12. The lowest BCUT2D eigenvalue weighted by Crippen LogP contribution is -2.27. The number of carboxylic acid groups (broad SMARTS) is 1. The Bertz CT molecular complexity index is 1740. The van der Waals surface area contributed by atoms with Crippen molar-refractivity contribution in [2.24, 2.45) is 0 Å². The monoisotopic (exact) mass is 545 g/mol. The molecule has 2 N–H and O–H groups in total. The summed E-state index contributed by atoms with van der Waals surface area (Å²) in [5, 5.41) is 12.7. The number of nitrogens with one attached hydrogen (secondary N) is 1. The van der Waals surface area contributed by atoms with E-state index in [0.29, 0.717) is 17.7 Å². The molecule has 0 fully saturated rings. The second kappa shape index (κ2) is 11.0. The van der Waals surface area contributed by atoms with Crippen LogP contribution in [0.5, 0.6) is 0 Å². The normalized spacial score (nSPS) is 12.3. The number of hydrogen-bond acceptors (Lipinski definition) is 3. The largest absolute Gasteiger partial charge is 0.478 e. The van der Waals surface area contributed by atoms with E-state index in [-0.39, 0.29) is 22.9 Å². The summed E-state index contributed by atoms with van der Waals surface area (Å²) in [5.74, 6) is -0.224. The van der Waals surface area contributed by atoms with Gasteiger partial charge in [0.15, 0.2) is 0 Å². The molecular formula is C35H35N3O3. The van der Waals surface area contributed by atoms with E-state index in [2.05, 4.69) is 42.8 Å². The molecule has 5 rings (SSSR count). The number of carboxylic acids is 1. The van der Waals surface area contributed by atoms with Gasteiger partial charge < -0.3 is 15.0 Å². The molecule has 0 radical (unpaired) electrons. The highest BCUT2D eigenvalue weighted by atomic mass is 16.4. The van der Waals surface area contributed by atoms with Gasteiger partial charge in [-0.05, 0) is 71.3 Å². The Balaban J connectivity index is 1.33. The quantitative estimate of drug-likeness (QED) is 0.221. The molecule has 0 aliphatic rings. The fraction of sp³-hybridized carbons (Fsp3) is 0.229. The molecule has 6 nitrogen and oxygen atoms in total. The third kappa shape index (κ3) is 5.92. The molecular weight excluding hydrogens is 510 g/mol. The Hall–Kier alpha value is -4.71. The van der Waals surface area contributed by atoms with E-state index in [0.717, 1.165) is 33.5 Å². The van der Waals surface area contributed by atoms with E-state index in [1.165, 1.54) is 5.56 Å². The minimum Gasteiger partial charge on any atom is -0.478 e. The van der Waals surface area contributed by atoms with Crippen molar-refractivity contribution in [3.05, 3.63) is 125 Å². The Morgan fingerprint density at radius 2 is 1.66 bits per heavy atom.